The molecule has 2 heterocycles. The van der Waals surface area contributed by atoms with E-state index in [1.807, 2.05) is 37.3 Å². The van der Waals surface area contributed by atoms with E-state index >= 15 is 0 Å². The third-order valence-electron chi connectivity index (χ3n) is 3.69. The maximum atomic E-state index is 13.4. The molecule has 1 amide bonds. The Hall–Kier alpha value is -2.47. The Balaban J connectivity index is 1.90. The van der Waals surface area contributed by atoms with Crippen molar-refractivity contribution in [3.05, 3.63) is 72.3 Å². The highest BCUT2D eigenvalue weighted by Crippen LogP contribution is 2.32. The van der Waals surface area contributed by atoms with Crippen molar-refractivity contribution < 1.29 is 9.18 Å². The number of rotatable bonds is 5. The molecule has 0 saturated carbocycles. The average Bonchev–Trinajstić information content (AvgIpc) is 2.90. The summed E-state index contributed by atoms with van der Waals surface area (Å²) in [6, 6.07) is 11.7. The molecular weight excluding hydrogens is 337 g/mol. The highest BCUT2D eigenvalue weighted by atomic mass is 32.2. The van der Waals surface area contributed by atoms with Gasteiger partial charge in [-0.15, -0.1) is 0 Å². The number of thioether (sulfide) groups is 1. The Morgan fingerprint density at radius 2 is 2.20 bits per heavy atom. The molecule has 0 radical (unpaired) electrons. The molecule has 2 aromatic rings. The molecule has 0 spiro atoms. The fourth-order valence-corrected chi connectivity index (χ4v) is 3.59. The van der Waals surface area contributed by atoms with Gasteiger partial charge in [0.1, 0.15) is 5.82 Å². The zero-order valence-corrected chi connectivity index (χ0v) is 14.6. The van der Waals surface area contributed by atoms with Gasteiger partial charge in [-0.05, 0) is 43.7 Å². The third kappa shape index (κ3) is 4.33. The van der Waals surface area contributed by atoms with Gasteiger partial charge in [0.25, 0.3) is 0 Å². The lowest BCUT2D eigenvalue weighted by atomic mass is 10.2. The van der Waals surface area contributed by atoms with E-state index in [-0.39, 0.29) is 17.0 Å². The maximum Gasteiger partial charge on any atom is 0.242 e. The number of amidine groups is 1. The third-order valence-corrected chi connectivity index (χ3v) is 4.89. The Kier molecular flexibility index (Phi) is 5.60. The van der Waals surface area contributed by atoms with Gasteiger partial charge in [0.05, 0.1) is 23.2 Å². The van der Waals surface area contributed by atoms with E-state index < -0.39 is 0 Å². The summed E-state index contributed by atoms with van der Waals surface area (Å²) in [4.78, 5) is 23.2. The lowest BCUT2D eigenvalue weighted by Gasteiger charge is -2.15. The topological polar surface area (TPSA) is 45.6 Å². The molecule has 1 aromatic heterocycles. The average molecular weight is 355 g/mol. The smallest absolute Gasteiger partial charge is 0.242 e. The molecule has 1 unspecified atom stereocenters. The summed E-state index contributed by atoms with van der Waals surface area (Å²) >= 11 is 1.41. The summed E-state index contributed by atoms with van der Waals surface area (Å²) in [5.74, 6) is -0.346. The second-order valence-corrected chi connectivity index (χ2v) is 6.70. The van der Waals surface area contributed by atoms with Crippen molar-refractivity contribution in [2.75, 3.05) is 0 Å². The highest BCUT2D eigenvalue weighted by Gasteiger charge is 2.37. The van der Waals surface area contributed by atoms with E-state index in [9.17, 15) is 9.18 Å². The van der Waals surface area contributed by atoms with Crippen molar-refractivity contribution in [3.8, 4) is 0 Å². The van der Waals surface area contributed by atoms with Crippen LogP contribution in [0.25, 0.3) is 0 Å². The number of aliphatic imine (C=N–C) groups is 1. The van der Waals surface area contributed by atoms with Crippen molar-refractivity contribution in [2.24, 2.45) is 4.99 Å². The van der Waals surface area contributed by atoms with Crippen LogP contribution in [0.2, 0.25) is 0 Å². The lowest BCUT2D eigenvalue weighted by molar-refractivity contribution is -0.126. The van der Waals surface area contributed by atoms with Crippen LogP contribution in [0.1, 0.15) is 19.0 Å². The molecule has 0 N–H and O–H groups in total. The van der Waals surface area contributed by atoms with E-state index in [4.69, 9.17) is 0 Å². The largest absolute Gasteiger partial charge is 0.284 e. The number of allylic oxidation sites excluding steroid dienone is 2. The first-order chi connectivity index (χ1) is 12.2. The molecular formula is C19H18FN3OS. The number of hydrogen-bond donors (Lipinski definition) is 0. The maximum absolute atomic E-state index is 13.4. The molecule has 0 aliphatic carbocycles. The van der Waals surface area contributed by atoms with Crippen LogP contribution in [-0.2, 0) is 11.3 Å². The van der Waals surface area contributed by atoms with Crippen LogP contribution in [0.5, 0.6) is 0 Å². The van der Waals surface area contributed by atoms with Crippen LogP contribution in [0.15, 0.2) is 65.8 Å². The van der Waals surface area contributed by atoms with E-state index in [2.05, 4.69) is 9.98 Å². The van der Waals surface area contributed by atoms with Crippen LogP contribution in [0.4, 0.5) is 10.1 Å². The highest BCUT2D eigenvalue weighted by molar-refractivity contribution is 8.15. The number of benzene rings is 1. The molecule has 0 bridgehead atoms. The van der Waals surface area contributed by atoms with Crippen LogP contribution >= 0.6 is 11.8 Å². The van der Waals surface area contributed by atoms with Gasteiger partial charge in [0, 0.05) is 6.20 Å². The molecule has 1 aliphatic rings. The molecule has 6 heteroatoms. The van der Waals surface area contributed by atoms with Crippen molar-refractivity contribution in [1.82, 2.24) is 9.88 Å². The summed E-state index contributed by atoms with van der Waals surface area (Å²) in [6.07, 6.45) is 6.24. The number of carbonyl (C=O) groups is 1. The zero-order valence-electron chi connectivity index (χ0n) is 13.8. The normalized spacial score (nSPS) is 19.3. The molecule has 1 aliphatic heterocycles. The molecule has 1 fully saturated rings. The Bertz CT molecular complexity index is 807. The number of amides is 1. The number of hydrogen-bond acceptors (Lipinski definition) is 4. The van der Waals surface area contributed by atoms with Crippen molar-refractivity contribution in [3.63, 3.8) is 0 Å². The van der Waals surface area contributed by atoms with Gasteiger partial charge in [-0.1, -0.05) is 36.0 Å². The molecule has 1 saturated heterocycles. The molecule has 128 valence electrons. The van der Waals surface area contributed by atoms with Crippen LogP contribution in [0, 0.1) is 5.82 Å². The van der Waals surface area contributed by atoms with Crippen LogP contribution < -0.4 is 0 Å². The molecule has 3 rings (SSSR count). The van der Waals surface area contributed by atoms with Crippen molar-refractivity contribution >= 4 is 28.5 Å². The number of nitrogens with zero attached hydrogens (tertiary/aromatic N) is 3. The molecule has 4 nitrogen and oxygen atoms in total. The quantitative estimate of drug-likeness (QED) is 0.751. The van der Waals surface area contributed by atoms with E-state index in [1.165, 1.54) is 23.9 Å². The SMILES string of the molecule is C/C=C\CC1SC(=Nc2cccc(F)c2)N(Cc2ccccn2)C1=O. The van der Waals surface area contributed by atoms with Crippen molar-refractivity contribution in [1.29, 1.82) is 0 Å². The van der Waals surface area contributed by atoms with Gasteiger partial charge in [-0.25, -0.2) is 9.38 Å². The summed E-state index contributed by atoms with van der Waals surface area (Å²) in [5, 5.41) is 0.364. The number of aromatic nitrogens is 1. The second kappa shape index (κ2) is 8.07. The minimum Gasteiger partial charge on any atom is -0.284 e. The first-order valence-electron chi connectivity index (χ1n) is 8.00. The monoisotopic (exact) mass is 355 g/mol. The molecule has 1 aromatic carbocycles. The summed E-state index contributed by atoms with van der Waals surface area (Å²) in [7, 11) is 0. The first kappa shape index (κ1) is 17.4. The predicted octanol–water partition coefficient (Wildman–Crippen LogP) is 4.32. The van der Waals surface area contributed by atoms with Crippen LogP contribution in [0.3, 0.4) is 0 Å². The molecule has 25 heavy (non-hydrogen) atoms. The summed E-state index contributed by atoms with van der Waals surface area (Å²) in [5.41, 5.74) is 1.28. The zero-order chi connectivity index (χ0) is 17.6. The Morgan fingerprint density at radius 3 is 2.92 bits per heavy atom. The van der Waals surface area contributed by atoms with Crippen LogP contribution in [-0.4, -0.2) is 26.2 Å². The fraction of sp³-hybridized carbons (Fsp3) is 0.211. The second-order valence-electron chi connectivity index (χ2n) is 5.53. The number of halogens is 1. The summed E-state index contributed by atoms with van der Waals surface area (Å²) < 4.78 is 13.4. The Labute approximate surface area is 150 Å². The van der Waals surface area contributed by atoms with Gasteiger partial charge < -0.3 is 0 Å². The van der Waals surface area contributed by atoms with Gasteiger partial charge in [-0.3, -0.25) is 14.7 Å². The van der Waals surface area contributed by atoms with E-state index in [0.717, 1.165) is 5.69 Å². The van der Waals surface area contributed by atoms with Gasteiger partial charge in [-0.2, -0.15) is 0 Å². The van der Waals surface area contributed by atoms with Gasteiger partial charge >= 0.3 is 0 Å². The number of pyridine rings is 1. The Morgan fingerprint density at radius 1 is 1.32 bits per heavy atom. The fourth-order valence-electron chi connectivity index (χ4n) is 2.46. The minimum absolute atomic E-state index is 0.00362. The van der Waals surface area contributed by atoms with Gasteiger partial charge in [0.2, 0.25) is 5.91 Å². The summed E-state index contributed by atoms with van der Waals surface area (Å²) in [6.45, 7) is 2.28. The number of carbonyl (C=O) groups excluding carboxylic acids is 1. The predicted molar refractivity (Wildman–Crippen MR) is 99.1 cm³/mol. The molecule has 1 atom stereocenters. The van der Waals surface area contributed by atoms with E-state index in [0.29, 0.717) is 23.8 Å². The lowest BCUT2D eigenvalue weighted by Crippen LogP contribution is -2.31. The standard InChI is InChI=1S/C19H18FN3OS/c1-2-3-10-17-18(24)23(13-16-8-4-5-11-21-16)19(25-17)22-15-9-6-7-14(20)12-15/h2-9,11-12,17H,10,13H2,1H3/b3-2-,22-19?. The van der Waals surface area contributed by atoms with Gasteiger partial charge in [0.15, 0.2) is 5.17 Å². The van der Waals surface area contributed by atoms with E-state index in [1.54, 1.807) is 23.2 Å². The van der Waals surface area contributed by atoms with Crippen molar-refractivity contribution in [2.45, 2.75) is 25.1 Å². The first-order valence-corrected chi connectivity index (χ1v) is 8.88. The minimum atomic E-state index is -0.349.